The molecule has 7 heteroatoms. The number of benzene rings is 2. The van der Waals surface area contributed by atoms with E-state index in [4.69, 9.17) is 4.74 Å². The standard InChI is InChI=1S/C22H24F2O5/c1-12(2)15-9-17(13(3)4)20(26)18(10-15)21(27)28-11-19(25)14-5-7-16(8-6-14)29-22(23)24/h5-10,12-13,22,26H,11H2,1-4H3. The number of carbonyl (C=O) groups excluding carboxylic acids is 2. The number of carbonyl (C=O) groups is 2. The summed E-state index contributed by atoms with van der Waals surface area (Å²) >= 11 is 0. The largest absolute Gasteiger partial charge is 0.507 e. The number of alkyl halides is 2. The van der Waals surface area contributed by atoms with Crippen LogP contribution in [-0.4, -0.2) is 30.1 Å². The first-order chi connectivity index (χ1) is 13.6. The van der Waals surface area contributed by atoms with Crippen LogP contribution in [0, 0.1) is 0 Å². The molecule has 0 radical (unpaired) electrons. The van der Waals surface area contributed by atoms with Gasteiger partial charge in [0, 0.05) is 5.56 Å². The third-order valence-corrected chi connectivity index (χ3v) is 4.41. The van der Waals surface area contributed by atoms with Crippen molar-refractivity contribution in [1.82, 2.24) is 0 Å². The molecule has 0 unspecified atom stereocenters. The van der Waals surface area contributed by atoms with Gasteiger partial charge < -0.3 is 14.6 Å². The van der Waals surface area contributed by atoms with Crippen LogP contribution in [0.15, 0.2) is 36.4 Å². The summed E-state index contributed by atoms with van der Waals surface area (Å²) in [5.74, 6) is -1.42. The van der Waals surface area contributed by atoms with Crippen LogP contribution in [0.4, 0.5) is 8.78 Å². The van der Waals surface area contributed by atoms with E-state index in [1.165, 1.54) is 24.3 Å². The molecule has 2 aromatic rings. The van der Waals surface area contributed by atoms with Crippen LogP contribution < -0.4 is 4.74 Å². The minimum atomic E-state index is -2.96. The highest BCUT2D eigenvalue weighted by atomic mass is 19.3. The molecule has 0 spiro atoms. The summed E-state index contributed by atoms with van der Waals surface area (Å²) in [6.07, 6.45) is 0. The second kappa shape index (κ2) is 9.49. The van der Waals surface area contributed by atoms with Crippen LogP contribution in [0.2, 0.25) is 0 Å². The number of ketones is 1. The summed E-state index contributed by atoms with van der Waals surface area (Å²) in [4.78, 5) is 24.7. The first kappa shape index (κ1) is 22.3. The van der Waals surface area contributed by atoms with E-state index in [0.29, 0.717) is 5.56 Å². The van der Waals surface area contributed by atoms with Gasteiger partial charge in [-0.05, 0) is 53.3 Å². The van der Waals surface area contributed by atoms with Crippen molar-refractivity contribution in [1.29, 1.82) is 0 Å². The Morgan fingerprint density at radius 2 is 1.62 bits per heavy atom. The van der Waals surface area contributed by atoms with Gasteiger partial charge in [0.1, 0.15) is 17.1 Å². The van der Waals surface area contributed by atoms with Gasteiger partial charge in [0.05, 0.1) is 0 Å². The zero-order valence-corrected chi connectivity index (χ0v) is 16.7. The molecule has 0 bridgehead atoms. The van der Waals surface area contributed by atoms with E-state index in [2.05, 4.69) is 4.74 Å². The van der Waals surface area contributed by atoms with Crippen molar-refractivity contribution in [3.63, 3.8) is 0 Å². The number of phenolic OH excluding ortho intramolecular Hbond substituents is 1. The first-order valence-corrected chi connectivity index (χ1v) is 9.22. The number of phenols is 1. The van der Waals surface area contributed by atoms with E-state index in [9.17, 15) is 23.5 Å². The second-order valence-electron chi connectivity index (χ2n) is 7.22. The lowest BCUT2D eigenvalue weighted by molar-refractivity contribution is -0.0498. The van der Waals surface area contributed by atoms with Crippen LogP contribution in [0.1, 0.15) is 71.4 Å². The quantitative estimate of drug-likeness (QED) is 0.477. The molecule has 0 saturated carbocycles. The molecule has 0 amide bonds. The van der Waals surface area contributed by atoms with Crippen molar-refractivity contribution in [2.75, 3.05) is 6.61 Å². The van der Waals surface area contributed by atoms with Crippen LogP contribution in [0.25, 0.3) is 0 Å². The van der Waals surface area contributed by atoms with Gasteiger partial charge in [-0.2, -0.15) is 8.78 Å². The highest BCUT2D eigenvalue weighted by Crippen LogP contribution is 2.33. The number of rotatable bonds is 8. The lowest BCUT2D eigenvalue weighted by Crippen LogP contribution is -2.15. The second-order valence-corrected chi connectivity index (χ2v) is 7.22. The molecular weight excluding hydrogens is 382 g/mol. The molecule has 156 valence electrons. The Morgan fingerprint density at radius 3 is 2.14 bits per heavy atom. The minimum Gasteiger partial charge on any atom is -0.507 e. The van der Waals surface area contributed by atoms with E-state index in [0.717, 1.165) is 5.56 Å². The Morgan fingerprint density at radius 1 is 1.00 bits per heavy atom. The third kappa shape index (κ3) is 5.76. The molecule has 0 aromatic heterocycles. The van der Waals surface area contributed by atoms with E-state index in [1.54, 1.807) is 6.07 Å². The maximum Gasteiger partial charge on any atom is 0.387 e. The first-order valence-electron chi connectivity index (χ1n) is 9.22. The lowest BCUT2D eigenvalue weighted by Gasteiger charge is -2.16. The Bertz CT molecular complexity index is 874. The summed E-state index contributed by atoms with van der Waals surface area (Å²) in [5, 5.41) is 10.5. The van der Waals surface area contributed by atoms with Gasteiger partial charge in [-0.1, -0.05) is 33.8 Å². The van der Waals surface area contributed by atoms with Gasteiger partial charge in [0.15, 0.2) is 12.4 Å². The van der Waals surface area contributed by atoms with Crippen molar-refractivity contribution < 1.29 is 33.0 Å². The summed E-state index contributed by atoms with van der Waals surface area (Å²) in [6.45, 7) is 4.24. The topological polar surface area (TPSA) is 72.8 Å². The van der Waals surface area contributed by atoms with Gasteiger partial charge in [-0.3, -0.25) is 4.79 Å². The average molecular weight is 406 g/mol. The van der Waals surface area contributed by atoms with Crippen LogP contribution in [0.3, 0.4) is 0 Å². The van der Waals surface area contributed by atoms with Crippen LogP contribution in [-0.2, 0) is 4.74 Å². The molecule has 29 heavy (non-hydrogen) atoms. The van der Waals surface area contributed by atoms with Gasteiger partial charge in [0.25, 0.3) is 0 Å². The Kier molecular flexibility index (Phi) is 7.31. The predicted octanol–water partition coefficient (Wildman–Crippen LogP) is 5.28. The molecule has 0 saturated heterocycles. The number of Topliss-reactive ketones (excluding diaryl/α,β-unsaturated/α-hetero) is 1. The van der Waals surface area contributed by atoms with Gasteiger partial charge in [-0.25, -0.2) is 4.79 Å². The molecule has 1 N–H and O–H groups in total. The van der Waals surface area contributed by atoms with Crippen molar-refractivity contribution in [3.8, 4) is 11.5 Å². The lowest BCUT2D eigenvalue weighted by atomic mass is 9.92. The molecule has 2 aromatic carbocycles. The Balaban J connectivity index is 2.13. The molecule has 0 heterocycles. The highest BCUT2D eigenvalue weighted by Gasteiger charge is 2.21. The van der Waals surface area contributed by atoms with Gasteiger partial charge in [0.2, 0.25) is 0 Å². The van der Waals surface area contributed by atoms with Crippen molar-refractivity contribution in [3.05, 3.63) is 58.7 Å². The molecule has 0 atom stereocenters. The van der Waals surface area contributed by atoms with Crippen LogP contribution in [0.5, 0.6) is 11.5 Å². The number of halogens is 2. The van der Waals surface area contributed by atoms with E-state index in [1.807, 2.05) is 33.8 Å². The monoisotopic (exact) mass is 406 g/mol. The van der Waals surface area contributed by atoms with Crippen molar-refractivity contribution in [2.24, 2.45) is 0 Å². The zero-order valence-electron chi connectivity index (χ0n) is 16.7. The van der Waals surface area contributed by atoms with Gasteiger partial charge >= 0.3 is 12.6 Å². The third-order valence-electron chi connectivity index (χ3n) is 4.41. The predicted molar refractivity (Wildman–Crippen MR) is 104 cm³/mol. The van der Waals surface area contributed by atoms with Gasteiger partial charge in [-0.15, -0.1) is 0 Å². The van der Waals surface area contributed by atoms with Crippen LogP contribution >= 0.6 is 0 Å². The number of ether oxygens (including phenoxy) is 2. The number of aromatic hydroxyl groups is 1. The Labute approximate surface area is 168 Å². The highest BCUT2D eigenvalue weighted by molar-refractivity contribution is 6.00. The molecule has 0 fully saturated rings. The zero-order chi connectivity index (χ0) is 21.7. The Hall–Kier alpha value is -2.96. The molecular formula is C22H24F2O5. The average Bonchev–Trinajstić information content (AvgIpc) is 2.65. The maximum absolute atomic E-state index is 12.5. The fraction of sp³-hybridized carbons (Fsp3) is 0.364. The minimum absolute atomic E-state index is 0.00384. The summed E-state index contributed by atoms with van der Waals surface area (Å²) in [5.41, 5.74) is 1.69. The van der Waals surface area contributed by atoms with E-state index >= 15 is 0 Å². The van der Waals surface area contributed by atoms with Crippen molar-refractivity contribution in [2.45, 2.75) is 46.1 Å². The van der Waals surface area contributed by atoms with E-state index < -0.39 is 25.0 Å². The normalized spacial score (nSPS) is 11.2. The summed E-state index contributed by atoms with van der Waals surface area (Å²) in [7, 11) is 0. The molecule has 2 rings (SSSR count). The summed E-state index contributed by atoms with van der Waals surface area (Å²) < 4.78 is 33.7. The molecule has 0 aliphatic heterocycles. The molecule has 0 aliphatic carbocycles. The van der Waals surface area contributed by atoms with Crippen molar-refractivity contribution >= 4 is 11.8 Å². The number of hydrogen-bond acceptors (Lipinski definition) is 5. The number of hydrogen-bond donors (Lipinski definition) is 1. The maximum atomic E-state index is 12.5. The smallest absolute Gasteiger partial charge is 0.387 e. The molecule has 0 aliphatic rings. The fourth-order valence-corrected chi connectivity index (χ4v) is 2.72. The van der Waals surface area contributed by atoms with E-state index in [-0.39, 0.29) is 34.5 Å². The molecule has 5 nitrogen and oxygen atoms in total. The number of esters is 1. The summed E-state index contributed by atoms with van der Waals surface area (Å²) in [6, 6.07) is 8.50. The SMILES string of the molecule is CC(C)c1cc(C(=O)OCC(=O)c2ccc(OC(F)F)cc2)c(O)c(C(C)C)c1. The fourth-order valence-electron chi connectivity index (χ4n) is 2.72.